The molecule has 0 aliphatic carbocycles. The lowest BCUT2D eigenvalue weighted by Gasteiger charge is -2.18. The van der Waals surface area contributed by atoms with Gasteiger partial charge in [-0.1, -0.05) is 117 Å². The summed E-state index contributed by atoms with van der Waals surface area (Å²) >= 11 is 0. The van der Waals surface area contributed by atoms with Crippen molar-refractivity contribution in [2.75, 3.05) is 13.2 Å². The molecule has 0 saturated carbocycles. The second-order valence-electron chi connectivity index (χ2n) is 8.75. The first-order valence-corrected chi connectivity index (χ1v) is 13.1. The second-order valence-corrected chi connectivity index (χ2v) is 8.75. The van der Waals surface area contributed by atoms with E-state index >= 15 is 0 Å². The van der Waals surface area contributed by atoms with E-state index < -0.39 is 0 Å². The van der Waals surface area contributed by atoms with Gasteiger partial charge in [0.1, 0.15) is 12.5 Å². The van der Waals surface area contributed by atoms with Crippen molar-refractivity contribution in [3.05, 3.63) is 0 Å². The predicted octanol–water partition coefficient (Wildman–Crippen LogP) is 8.38. The summed E-state index contributed by atoms with van der Waals surface area (Å²) in [5, 5.41) is 4.58. The number of hydrogen-bond donors (Lipinski definition) is 0. The molecule has 0 amide bonds. The fraction of sp³-hybridized carbons (Fsp3) is 1.00. The van der Waals surface area contributed by atoms with E-state index in [1.165, 1.54) is 103 Å². The molecule has 0 heterocycles. The van der Waals surface area contributed by atoms with Gasteiger partial charge >= 0.3 is 0 Å². The summed E-state index contributed by atoms with van der Waals surface area (Å²) in [7, 11) is 0. The highest BCUT2D eigenvalue weighted by atomic mass is 16.5. The van der Waals surface area contributed by atoms with Crippen LogP contribution in [0.5, 0.6) is 0 Å². The average molecular weight is 413 g/mol. The van der Waals surface area contributed by atoms with E-state index in [-0.39, 0.29) is 12.5 Å². The minimum absolute atomic E-state index is 0.0536. The summed E-state index contributed by atoms with van der Waals surface area (Å²) in [6.07, 6.45) is 24.2. The Kier molecular flexibility index (Phi) is 24.1. The third kappa shape index (κ3) is 24.0. The van der Waals surface area contributed by atoms with Crippen molar-refractivity contribution in [2.24, 2.45) is 0 Å². The highest BCUT2D eigenvalue weighted by Crippen LogP contribution is 2.11. The molecule has 2 atom stereocenters. The molecule has 0 spiro atoms. The highest BCUT2D eigenvalue weighted by Gasteiger charge is 2.09. The van der Waals surface area contributed by atoms with Crippen LogP contribution in [0.15, 0.2) is 0 Å². The van der Waals surface area contributed by atoms with E-state index in [0.717, 1.165) is 26.1 Å². The van der Waals surface area contributed by atoms with Crippen LogP contribution in [0.4, 0.5) is 0 Å². The zero-order chi connectivity index (χ0) is 21.4. The third-order valence-electron chi connectivity index (χ3n) is 5.63. The van der Waals surface area contributed by atoms with Crippen molar-refractivity contribution >= 4 is 0 Å². The SMILES string of the molecule is CCCCCCCCCCCOC(C)[N]C(C)OCCCCCCCCCCC. The monoisotopic (exact) mass is 412 g/mol. The Balaban J connectivity index is 3.29. The Bertz CT molecular complexity index is 270. The van der Waals surface area contributed by atoms with Crippen molar-refractivity contribution in [2.45, 2.75) is 156 Å². The number of ether oxygens (including phenoxy) is 2. The molecule has 3 nitrogen and oxygen atoms in total. The Labute approximate surface area is 184 Å². The van der Waals surface area contributed by atoms with E-state index in [4.69, 9.17) is 9.47 Å². The Morgan fingerprint density at radius 1 is 0.448 bits per heavy atom. The van der Waals surface area contributed by atoms with Crippen LogP contribution in [0.2, 0.25) is 0 Å². The maximum Gasteiger partial charge on any atom is 0.123 e. The molecule has 0 aromatic heterocycles. The molecule has 0 saturated heterocycles. The lowest BCUT2D eigenvalue weighted by atomic mass is 10.1. The molecule has 0 aromatic carbocycles. The van der Waals surface area contributed by atoms with Gasteiger partial charge in [-0.2, -0.15) is 5.32 Å². The van der Waals surface area contributed by atoms with Crippen molar-refractivity contribution in [3.8, 4) is 0 Å². The van der Waals surface area contributed by atoms with Gasteiger partial charge in [-0.3, -0.25) is 0 Å². The van der Waals surface area contributed by atoms with Crippen LogP contribution in [0, 0.1) is 0 Å². The van der Waals surface area contributed by atoms with E-state index in [1.807, 2.05) is 13.8 Å². The molecule has 175 valence electrons. The third-order valence-corrected chi connectivity index (χ3v) is 5.63. The minimum atomic E-state index is -0.0536. The average Bonchev–Trinajstić information content (AvgIpc) is 2.70. The molecule has 0 bridgehead atoms. The first-order chi connectivity index (χ1) is 14.2. The van der Waals surface area contributed by atoms with Crippen LogP contribution >= 0.6 is 0 Å². The van der Waals surface area contributed by atoms with Crippen molar-refractivity contribution in [3.63, 3.8) is 0 Å². The molecular weight excluding hydrogens is 358 g/mol. The van der Waals surface area contributed by atoms with Crippen LogP contribution in [0.25, 0.3) is 0 Å². The summed E-state index contributed by atoms with van der Waals surface area (Å²) in [6.45, 7) is 10.3. The first-order valence-electron chi connectivity index (χ1n) is 13.1. The summed E-state index contributed by atoms with van der Waals surface area (Å²) in [6, 6.07) is 0. The number of rotatable bonds is 24. The summed E-state index contributed by atoms with van der Waals surface area (Å²) in [5.41, 5.74) is 0. The van der Waals surface area contributed by atoms with Crippen molar-refractivity contribution in [1.29, 1.82) is 0 Å². The second kappa shape index (κ2) is 24.2. The van der Waals surface area contributed by atoms with Crippen LogP contribution in [-0.4, -0.2) is 25.7 Å². The van der Waals surface area contributed by atoms with Crippen LogP contribution in [-0.2, 0) is 9.47 Å². The standard InChI is InChI=1S/C26H54NO2/c1-5-7-9-11-13-15-17-19-21-23-28-25(3)27-26(4)29-24-22-20-18-16-14-12-10-8-6-2/h25-26H,5-24H2,1-4H3. The fourth-order valence-corrected chi connectivity index (χ4v) is 3.71. The van der Waals surface area contributed by atoms with Gasteiger partial charge < -0.3 is 9.47 Å². The highest BCUT2D eigenvalue weighted by molar-refractivity contribution is 4.53. The van der Waals surface area contributed by atoms with Gasteiger partial charge in [-0.05, 0) is 26.7 Å². The molecular formula is C26H54NO2. The van der Waals surface area contributed by atoms with Gasteiger partial charge in [0.2, 0.25) is 0 Å². The van der Waals surface area contributed by atoms with E-state index in [9.17, 15) is 0 Å². The summed E-state index contributed by atoms with van der Waals surface area (Å²) in [4.78, 5) is 0. The number of nitrogens with zero attached hydrogens (tertiary/aromatic N) is 1. The number of hydrogen-bond acceptors (Lipinski definition) is 2. The maximum atomic E-state index is 5.83. The van der Waals surface area contributed by atoms with Gasteiger partial charge in [0, 0.05) is 13.2 Å². The lowest BCUT2D eigenvalue weighted by Crippen LogP contribution is -2.32. The molecule has 29 heavy (non-hydrogen) atoms. The topological polar surface area (TPSA) is 32.6 Å². The Hall–Kier alpha value is -0.120. The Morgan fingerprint density at radius 3 is 1.03 bits per heavy atom. The van der Waals surface area contributed by atoms with Crippen molar-refractivity contribution < 1.29 is 9.47 Å². The first kappa shape index (κ1) is 28.9. The fourth-order valence-electron chi connectivity index (χ4n) is 3.71. The zero-order valence-corrected chi connectivity index (χ0v) is 20.6. The summed E-state index contributed by atoms with van der Waals surface area (Å²) in [5.74, 6) is 0. The summed E-state index contributed by atoms with van der Waals surface area (Å²) < 4.78 is 11.7. The van der Waals surface area contributed by atoms with E-state index in [2.05, 4.69) is 19.2 Å². The normalized spacial score (nSPS) is 13.7. The molecule has 2 unspecified atom stereocenters. The molecule has 0 aromatic rings. The zero-order valence-electron chi connectivity index (χ0n) is 20.6. The molecule has 3 heteroatoms. The molecule has 0 aliphatic rings. The quantitative estimate of drug-likeness (QED) is 0.149. The van der Waals surface area contributed by atoms with E-state index in [1.54, 1.807) is 0 Å². The van der Waals surface area contributed by atoms with Gasteiger partial charge in [0.25, 0.3) is 0 Å². The van der Waals surface area contributed by atoms with Gasteiger partial charge in [0.05, 0.1) is 0 Å². The van der Waals surface area contributed by atoms with Crippen LogP contribution in [0.3, 0.4) is 0 Å². The van der Waals surface area contributed by atoms with Gasteiger partial charge in [-0.25, -0.2) is 0 Å². The van der Waals surface area contributed by atoms with Gasteiger partial charge in [0.15, 0.2) is 0 Å². The minimum Gasteiger partial charge on any atom is -0.362 e. The lowest BCUT2D eigenvalue weighted by molar-refractivity contribution is -0.0360. The smallest absolute Gasteiger partial charge is 0.123 e. The van der Waals surface area contributed by atoms with Crippen LogP contribution < -0.4 is 5.32 Å². The molecule has 0 N–H and O–H groups in total. The number of unbranched alkanes of at least 4 members (excludes halogenated alkanes) is 16. The maximum absolute atomic E-state index is 5.83. The van der Waals surface area contributed by atoms with Crippen molar-refractivity contribution in [1.82, 2.24) is 5.32 Å². The van der Waals surface area contributed by atoms with Gasteiger partial charge in [-0.15, -0.1) is 0 Å². The molecule has 0 rings (SSSR count). The van der Waals surface area contributed by atoms with Crippen LogP contribution in [0.1, 0.15) is 143 Å². The predicted molar refractivity (Wildman–Crippen MR) is 127 cm³/mol. The largest absolute Gasteiger partial charge is 0.362 e. The Morgan fingerprint density at radius 2 is 0.724 bits per heavy atom. The van der Waals surface area contributed by atoms with E-state index in [0.29, 0.717) is 0 Å². The molecule has 1 radical (unpaired) electrons. The molecule has 0 aliphatic heterocycles. The molecule has 0 fully saturated rings.